The lowest BCUT2D eigenvalue weighted by molar-refractivity contribution is 0.816. The van der Waals surface area contributed by atoms with E-state index in [9.17, 15) is 0 Å². The van der Waals surface area contributed by atoms with E-state index < -0.39 is 0 Å². The monoisotopic (exact) mass is 389 g/mol. The topological polar surface area (TPSA) is 55.6 Å². The standard InChI is InChI=1S/C17H13Cl2N5S/c1-10-9-25-16-14(10)15(22-17(23-16)24-6-2-5-21-24)20-8-11-3-4-12(18)13(19)7-11/h2-7,9H,8H2,1H3,(H,20,22,23). The Morgan fingerprint density at radius 1 is 1.20 bits per heavy atom. The molecular weight excluding hydrogens is 377 g/mol. The maximum atomic E-state index is 6.10. The minimum absolute atomic E-state index is 0.538. The first kappa shape index (κ1) is 16.3. The fourth-order valence-electron chi connectivity index (χ4n) is 2.53. The van der Waals surface area contributed by atoms with Crippen molar-refractivity contribution in [1.82, 2.24) is 19.7 Å². The Morgan fingerprint density at radius 3 is 2.84 bits per heavy atom. The van der Waals surface area contributed by atoms with E-state index in [2.05, 4.69) is 32.7 Å². The number of nitrogens with one attached hydrogen (secondary N) is 1. The number of fused-ring (bicyclic) bond motifs is 1. The summed E-state index contributed by atoms with van der Waals surface area (Å²) in [5.74, 6) is 1.32. The van der Waals surface area contributed by atoms with Crippen molar-refractivity contribution in [3.8, 4) is 5.95 Å². The average Bonchev–Trinajstić information content (AvgIpc) is 3.26. The van der Waals surface area contributed by atoms with Crippen LogP contribution in [0.5, 0.6) is 0 Å². The highest BCUT2D eigenvalue weighted by Gasteiger charge is 2.13. The summed E-state index contributed by atoms with van der Waals surface area (Å²) in [6.45, 7) is 2.64. The maximum absolute atomic E-state index is 6.10. The normalized spacial score (nSPS) is 11.2. The summed E-state index contributed by atoms with van der Waals surface area (Å²) in [6.07, 6.45) is 3.53. The van der Waals surface area contributed by atoms with Gasteiger partial charge in [0.05, 0.1) is 15.4 Å². The predicted octanol–water partition coefficient (Wildman–Crippen LogP) is 5.10. The summed E-state index contributed by atoms with van der Waals surface area (Å²) in [5, 5.41) is 11.8. The second kappa shape index (κ2) is 6.63. The number of rotatable bonds is 4. The second-order valence-electron chi connectivity index (χ2n) is 5.52. The van der Waals surface area contributed by atoms with Gasteiger partial charge in [-0.3, -0.25) is 0 Å². The fourth-order valence-corrected chi connectivity index (χ4v) is 3.76. The molecule has 1 aromatic carbocycles. The lowest BCUT2D eigenvalue weighted by atomic mass is 10.2. The molecule has 0 saturated carbocycles. The molecule has 3 aromatic heterocycles. The van der Waals surface area contributed by atoms with Gasteiger partial charge in [0.1, 0.15) is 10.6 Å². The van der Waals surface area contributed by atoms with Gasteiger partial charge in [0.15, 0.2) is 0 Å². The number of thiophene rings is 1. The van der Waals surface area contributed by atoms with Crippen molar-refractivity contribution in [1.29, 1.82) is 0 Å². The Balaban J connectivity index is 1.72. The number of halogens is 2. The first-order valence-corrected chi connectivity index (χ1v) is 9.19. The summed E-state index contributed by atoms with van der Waals surface area (Å²) in [4.78, 5) is 10.2. The Kier molecular flexibility index (Phi) is 4.33. The number of anilines is 1. The molecular formula is C17H13Cl2N5S. The van der Waals surface area contributed by atoms with Gasteiger partial charge >= 0.3 is 0 Å². The van der Waals surface area contributed by atoms with Crippen LogP contribution in [-0.2, 0) is 6.54 Å². The van der Waals surface area contributed by atoms with Crippen LogP contribution in [0, 0.1) is 6.92 Å². The molecule has 1 N–H and O–H groups in total. The number of aryl methyl sites for hydroxylation is 1. The van der Waals surface area contributed by atoms with Crippen molar-refractivity contribution in [2.24, 2.45) is 0 Å². The Bertz CT molecular complexity index is 1040. The molecule has 126 valence electrons. The first-order chi connectivity index (χ1) is 12.1. The Morgan fingerprint density at radius 2 is 2.08 bits per heavy atom. The molecule has 0 unspecified atom stereocenters. The van der Waals surface area contributed by atoms with Crippen LogP contribution in [-0.4, -0.2) is 19.7 Å². The van der Waals surface area contributed by atoms with Crippen LogP contribution < -0.4 is 5.32 Å². The van der Waals surface area contributed by atoms with Crippen molar-refractivity contribution in [3.63, 3.8) is 0 Å². The summed E-state index contributed by atoms with van der Waals surface area (Å²) in [5.41, 5.74) is 2.17. The summed E-state index contributed by atoms with van der Waals surface area (Å²) in [6, 6.07) is 7.43. The van der Waals surface area contributed by atoms with Crippen LogP contribution in [0.3, 0.4) is 0 Å². The van der Waals surface area contributed by atoms with Crippen molar-refractivity contribution < 1.29 is 0 Å². The maximum Gasteiger partial charge on any atom is 0.253 e. The van der Waals surface area contributed by atoms with Crippen LogP contribution in [0.25, 0.3) is 16.2 Å². The van der Waals surface area contributed by atoms with Crippen molar-refractivity contribution in [3.05, 3.63) is 63.2 Å². The largest absolute Gasteiger partial charge is 0.365 e. The van der Waals surface area contributed by atoms with Crippen LogP contribution in [0.4, 0.5) is 5.82 Å². The third-order valence-corrected chi connectivity index (χ3v) is 5.49. The van der Waals surface area contributed by atoms with E-state index in [0.29, 0.717) is 22.5 Å². The van der Waals surface area contributed by atoms with Gasteiger partial charge in [-0.05, 0) is 41.6 Å². The highest BCUT2D eigenvalue weighted by Crippen LogP contribution is 2.30. The van der Waals surface area contributed by atoms with E-state index in [1.807, 2.05) is 24.4 Å². The first-order valence-electron chi connectivity index (χ1n) is 7.55. The minimum atomic E-state index is 0.538. The van der Waals surface area contributed by atoms with Gasteiger partial charge in [-0.15, -0.1) is 11.3 Å². The summed E-state index contributed by atoms with van der Waals surface area (Å²) in [7, 11) is 0. The lowest BCUT2D eigenvalue weighted by Crippen LogP contribution is -2.07. The SMILES string of the molecule is Cc1csc2nc(-n3cccn3)nc(NCc3ccc(Cl)c(Cl)c3)c12. The van der Waals surface area contributed by atoms with E-state index >= 15 is 0 Å². The Labute approximate surface area is 158 Å². The quantitative estimate of drug-likeness (QED) is 0.527. The van der Waals surface area contributed by atoms with E-state index in [1.165, 1.54) is 0 Å². The molecule has 8 heteroatoms. The highest BCUT2D eigenvalue weighted by molar-refractivity contribution is 7.17. The minimum Gasteiger partial charge on any atom is -0.365 e. The number of hydrogen-bond acceptors (Lipinski definition) is 5. The third-order valence-electron chi connectivity index (χ3n) is 3.76. The molecule has 4 aromatic rings. The van der Waals surface area contributed by atoms with Crippen LogP contribution >= 0.6 is 34.5 Å². The second-order valence-corrected chi connectivity index (χ2v) is 7.20. The molecule has 5 nitrogen and oxygen atoms in total. The third kappa shape index (κ3) is 3.20. The lowest BCUT2D eigenvalue weighted by Gasteiger charge is -2.10. The zero-order chi connectivity index (χ0) is 17.4. The molecule has 0 fully saturated rings. The fraction of sp³-hybridized carbons (Fsp3) is 0.118. The average molecular weight is 390 g/mol. The molecule has 0 aliphatic heterocycles. The molecule has 0 spiro atoms. The van der Waals surface area contributed by atoms with E-state index in [4.69, 9.17) is 23.2 Å². The van der Waals surface area contributed by atoms with E-state index in [-0.39, 0.29) is 0 Å². The number of aromatic nitrogens is 4. The molecule has 0 saturated heterocycles. The zero-order valence-corrected chi connectivity index (χ0v) is 15.5. The van der Waals surface area contributed by atoms with Gasteiger partial charge in [-0.25, -0.2) is 4.68 Å². The van der Waals surface area contributed by atoms with E-state index in [0.717, 1.165) is 27.2 Å². The van der Waals surface area contributed by atoms with E-state index in [1.54, 1.807) is 28.3 Å². The highest BCUT2D eigenvalue weighted by atomic mass is 35.5. The van der Waals surface area contributed by atoms with Gasteiger partial charge in [-0.2, -0.15) is 15.1 Å². The van der Waals surface area contributed by atoms with Crippen molar-refractivity contribution >= 4 is 50.6 Å². The van der Waals surface area contributed by atoms with Crippen LogP contribution in [0.2, 0.25) is 10.0 Å². The molecule has 0 bridgehead atoms. The van der Waals surface area contributed by atoms with Gasteiger partial charge in [-0.1, -0.05) is 29.3 Å². The molecule has 25 heavy (non-hydrogen) atoms. The molecule has 4 rings (SSSR count). The molecule has 0 amide bonds. The number of benzene rings is 1. The van der Waals surface area contributed by atoms with Crippen molar-refractivity contribution in [2.75, 3.05) is 5.32 Å². The predicted molar refractivity (Wildman–Crippen MR) is 103 cm³/mol. The van der Waals surface area contributed by atoms with Crippen molar-refractivity contribution in [2.45, 2.75) is 13.5 Å². The smallest absolute Gasteiger partial charge is 0.253 e. The molecule has 0 radical (unpaired) electrons. The molecule has 0 aliphatic rings. The number of nitrogens with zero attached hydrogens (tertiary/aromatic N) is 4. The van der Waals surface area contributed by atoms with Gasteiger partial charge < -0.3 is 5.32 Å². The van der Waals surface area contributed by atoms with Gasteiger partial charge in [0.2, 0.25) is 0 Å². The Hall–Kier alpha value is -2.15. The number of hydrogen-bond donors (Lipinski definition) is 1. The van der Waals surface area contributed by atoms with Crippen LogP contribution in [0.1, 0.15) is 11.1 Å². The molecule has 0 atom stereocenters. The van der Waals surface area contributed by atoms with Gasteiger partial charge in [0.25, 0.3) is 5.95 Å². The van der Waals surface area contributed by atoms with Gasteiger partial charge in [0, 0.05) is 18.9 Å². The summed E-state index contributed by atoms with van der Waals surface area (Å²) >= 11 is 13.7. The summed E-state index contributed by atoms with van der Waals surface area (Å²) < 4.78 is 1.65. The van der Waals surface area contributed by atoms with Crippen LogP contribution in [0.15, 0.2) is 42.0 Å². The molecule has 0 aliphatic carbocycles. The zero-order valence-electron chi connectivity index (χ0n) is 13.2. The molecule has 3 heterocycles.